The van der Waals surface area contributed by atoms with Crippen LogP contribution in [0.3, 0.4) is 0 Å². The minimum atomic E-state index is -0.587. The monoisotopic (exact) mass is 566 g/mol. The standard InChI is InChI=1S/C22H16FIN2O5S/c1-3-8-31-20-16(24)9-13(10-17(20)30-2)11-18-21(28)26(22(29)32-18)12-19(27)25-15-6-4-14(23)5-7-15/h1,4-7,9-11H,8,12H2,2H3,(H,25,27)/b18-11-. The van der Waals surface area contributed by atoms with Gasteiger partial charge in [0.05, 0.1) is 15.6 Å². The number of thioether (sulfide) groups is 1. The maximum absolute atomic E-state index is 13.0. The molecule has 2 aromatic rings. The second kappa shape index (κ2) is 10.5. The molecule has 32 heavy (non-hydrogen) atoms. The number of anilines is 1. The lowest BCUT2D eigenvalue weighted by Gasteiger charge is -2.13. The van der Waals surface area contributed by atoms with Crippen LogP contribution in [-0.4, -0.2) is 42.2 Å². The van der Waals surface area contributed by atoms with Gasteiger partial charge in [-0.2, -0.15) is 0 Å². The van der Waals surface area contributed by atoms with Gasteiger partial charge in [-0.15, -0.1) is 6.42 Å². The lowest BCUT2D eigenvalue weighted by molar-refractivity contribution is -0.127. The smallest absolute Gasteiger partial charge is 0.294 e. The van der Waals surface area contributed by atoms with E-state index in [4.69, 9.17) is 15.9 Å². The molecule has 1 N–H and O–H groups in total. The quantitative estimate of drug-likeness (QED) is 0.309. The van der Waals surface area contributed by atoms with Crippen molar-refractivity contribution in [3.05, 3.63) is 56.3 Å². The third kappa shape index (κ3) is 5.60. The summed E-state index contributed by atoms with van der Waals surface area (Å²) in [6.45, 7) is -0.385. The Labute approximate surface area is 201 Å². The van der Waals surface area contributed by atoms with Crippen molar-refractivity contribution in [2.75, 3.05) is 25.6 Å². The fourth-order valence-electron chi connectivity index (χ4n) is 2.74. The van der Waals surface area contributed by atoms with Gasteiger partial charge in [-0.3, -0.25) is 19.3 Å². The molecule has 1 heterocycles. The number of rotatable bonds is 7. The Bertz CT molecular complexity index is 1140. The van der Waals surface area contributed by atoms with Gasteiger partial charge in [0.1, 0.15) is 19.0 Å². The summed E-state index contributed by atoms with van der Waals surface area (Å²) in [7, 11) is 1.48. The van der Waals surface area contributed by atoms with Crippen LogP contribution >= 0.6 is 34.4 Å². The normalized spacial score (nSPS) is 14.4. The zero-order chi connectivity index (χ0) is 23.3. The van der Waals surface area contributed by atoms with Crippen LogP contribution in [0.1, 0.15) is 5.56 Å². The van der Waals surface area contributed by atoms with Crippen LogP contribution in [0.25, 0.3) is 6.08 Å². The molecule has 0 aliphatic carbocycles. The third-order valence-electron chi connectivity index (χ3n) is 4.15. The first kappa shape index (κ1) is 23.6. The molecular formula is C22H16FIN2O5S. The fourth-order valence-corrected chi connectivity index (χ4v) is 4.36. The number of nitrogens with one attached hydrogen (secondary N) is 1. The largest absolute Gasteiger partial charge is 0.493 e. The molecule has 3 amide bonds. The van der Waals surface area contributed by atoms with Crippen molar-refractivity contribution < 1.29 is 28.2 Å². The van der Waals surface area contributed by atoms with Gasteiger partial charge in [0.15, 0.2) is 11.5 Å². The van der Waals surface area contributed by atoms with E-state index in [-0.39, 0.29) is 11.5 Å². The Kier molecular flexibility index (Phi) is 7.76. The van der Waals surface area contributed by atoms with Crippen LogP contribution in [-0.2, 0) is 9.59 Å². The van der Waals surface area contributed by atoms with E-state index in [0.29, 0.717) is 26.3 Å². The zero-order valence-electron chi connectivity index (χ0n) is 16.7. The van der Waals surface area contributed by atoms with E-state index < -0.39 is 29.4 Å². The molecule has 7 nitrogen and oxygen atoms in total. The number of carbonyl (C=O) groups is 3. The number of halogens is 2. The summed E-state index contributed by atoms with van der Waals surface area (Å²) in [5.41, 5.74) is 0.966. The van der Waals surface area contributed by atoms with Crippen molar-refractivity contribution in [3.8, 4) is 23.8 Å². The lowest BCUT2D eigenvalue weighted by atomic mass is 10.2. The molecule has 164 valence electrons. The van der Waals surface area contributed by atoms with Crippen LogP contribution in [0.5, 0.6) is 11.5 Å². The second-order valence-corrected chi connectivity index (χ2v) is 8.51. The van der Waals surface area contributed by atoms with E-state index >= 15 is 0 Å². The predicted molar refractivity (Wildman–Crippen MR) is 128 cm³/mol. The van der Waals surface area contributed by atoms with Gasteiger partial charge in [0.2, 0.25) is 5.91 Å². The van der Waals surface area contributed by atoms with E-state index in [2.05, 4.69) is 33.8 Å². The number of hydrogen-bond acceptors (Lipinski definition) is 6. The van der Waals surface area contributed by atoms with Gasteiger partial charge in [-0.1, -0.05) is 5.92 Å². The number of methoxy groups -OCH3 is 1. The molecule has 1 fully saturated rings. The second-order valence-electron chi connectivity index (χ2n) is 6.35. The van der Waals surface area contributed by atoms with E-state index in [9.17, 15) is 18.8 Å². The highest BCUT2D eigenvalue weighted by Crippen LogP contribution is 2.37. The fraction of sp³-hybridized carbons (Fsp3) is 0.136. The van der Waals surface area contributed by atoms with E-state index in [1.807, 2.05) is 0 Å². The Morgan fingerprint density at radius 2 is 2.03 bits per heavy atom. The average molecular weight is 566 g/mol. The molecule has 0 aromatic heterocycles. The summed E-state index contributed by atoms with van der Waals surface area (Å²) < 4.78 is 24.5. The Morgan fingerprint density at radius 1 is 1.31 bits per heavy atom. The number of ether oxygens (including phenoxy) is 2. The summed E-state index contributed by atoms with van der Waals surface area (Å²) in [4.78, 5) is 38.3. The van der Waals surface area contributed by atoms with Crippen molar-refractivity contribution in [2.45, 2.75) is 0 Å². The number of carbonyl (C=O) groups excluding carboxylic acids is 3. The van der Waals surface area contributed by atoms with Gasteiger partial charge >= 0.3 is 0 Å². The number of nitrogens with zero attached hydrogens (tertiary/aromatic N) is 1. The molecule has 10 heteroatoms. The van der Waals surface area contributed by atoms with Crippen LogP contribution in [0.4, 0.5) is 14.9 Å². The number of imide groups is 1. The van der Waals surface area contributed by atoms with Crippen LogP contribution in [0, 0.1) is 21.7 Å². The lowest BCUT2D eigenvalue weighted by Crippen LogP contribution is -2.36. The molecule has 3 rings (SSSR count). The topological polar surface area (TPSA) is 84.9 Å². The molecule has 1 aliphatic heterocycles. The van der Waals surface area contributed by atoms with Crippen molar-refractivity contribution in [3.63, 3.8) is 0 Å². The molecule has 0 unspecified atom stereocenters. The third-order valence-corrected chi connectivity index (χ3v) is 5.86. The Hall–Kier alpha value is -3.04. The molecular weight excluding hydrogens is 550 g/mol. The summed E-state index contributed by atoms with van der Waals surface area (Å²) >= 11 is 2.79. The van der Waals surface area contributed by atoms with Crippen molar-refractivity contribution in [1.82, 2.24) is 4.90 Å². The summed E-state index contributed by atoms with van der Waals surface area (Å²) in [5.74, 6) is 1.68. The van der Waals surface area contributed by atoms with Crippen LogP contribution in [0.15, 0.2) is 41.3 Å². The number of amides is 3. The number of terminal acetylenes is 1. The van der Waals surface area contributed by atoms with Gasteiger partial charge in [0, 0.05) is 5.69 Å². The molecule has 1 aliphatic rings. The van der Waals surface area contributed by atoms with Crippen LogP contribution in [0.2, 0.25) is 0 Å². The molecule has 0 atom stereocenters. The summed E-state index contributed by atoms with van der Waals surface area (Å²) in [5, 5.41) is 1.96. The number of hydrogen-bond donors (Lipinski definition) is 1. The minimum Gasteiger partial charge on any atom is -0.493 e. The highest BCUT2D eigenvalue weighted by Gasteiger charge is 2.36. The number of benzene rings is 2. The molecule has 2 aromatic carbocycles. The Morgan fingerprint density at radius 3 is 2.69 bits per heavy atom. The van der Waals surface area contributed by atoms with Crippen LogP contribution < -0.4 is 14.8 Å². The summed E-state index contributed by atoms with van der Waals surface area (Å²) in [6, 6.07) is 8.56. The van der Waals surface area contributed by atoms with Gasteiger partial charge in [0.25, 0.3) is 11.1 Å². The van der Waals surface area contributed by atoms with E-state index in [0.717, 1.165) is 16.7 Å². The zero-order valence-corrected chi connectivity index (χ0v) is 19.7. The van der Waals surface area contributed by atoms with Gasteiger partial charge < -0.3 is 14.8 Å². The first-order valence-corrected chi connectivity index (χ1v) is 11.0. The SMILES string of the molecule is C#CCOc1c(I)cc(/C=C2\SC(=O)N(CC(=O)Nc3ccc(F)cc3)C2=O)cc1OC. The maximum atomic E-state index is 13.0. The van der Waals surface area contributed by atoms with Crippen molar-refractivity contribution >= 4 is 63.2 Å². The molecule has 0 bridgehead atoms. The first-order valence-electron chi connectivity index (χ1n) is 9.07. The molecule has 0 radical (unpaired) electrons. The van der Waals surface area contributed by atoms with Crippen molar-refractivity contribution in [1.29, 1.82) is 0 Å². The van der Waals surface area contributed by atoms with Gasteiger partial charge in [-0.05, 0) is 82.4 Å². The maximum Gasteiger partial charge on any atom is 0.294 e. The average Bonchev–Trinajstić information content (AvgIpc) is 3.01. The van der Waals surface area contributed by atoms with Crippen molar-refractivity contribution in [2.24, 2.45) is 0 Å². The van der Waals surface area contributed by atoms with E-state index in [1.54, 1.807) is 18.2 Å². The highest BCUT2D eigenvalue weighted by molar-refractivity contribution is 14.1. The molecule has 0 saturated carbocycles. The molecule has 0 spiro atoms. The first-order chi connectivity index (χ1) is 15.3. The predicted octanol–water partition coefficient (Wildman–Crippen LogP) is 4.13. The highest BCUT2D eigenvalue weighted by atomic mass is 127. The summed E-state index contributed by atoms with van der Waals surface area (Å²) in [6.07, 6.45) is 6.77. The Balaban J connectivity index is 1.75. The molecule has 1 saturated heterocycles. The minimum absolute atomic E-state index is 0.0740. The van der Waals surface area contributed by atoms with E-state index in [1.165, 1.54) is 31.4 Å². The van der Waals surface area contributed by atoms with Gasteiger partial charge in [-0.25, -0.2) is 4.39 Å².